The average Bonchev–Trinajstić information content (AvgIpc) is 3.35. The molecular weight excluding hydrogens is 482 g/mol. The Balaban J connectivity index is 1.20. The van der Waals surface area contributed by atoms with E-state index in [0.29, 0.717) is 35.7 Å². The molecule has 6 rings (SSSR count). The lowest BCUT2D eigenvalue weighted by Crippen LogP contribution is -2.43. The van der Waals surface area contributed by atoms with Gasteiger partial charge in [0.05, 0.1) is 5.41 Å². The molecular formula is C30H29N3O5. The normalized spacial score (nSPS) is 18.8. The highest BCUT2D eigenvalue weighted by Gasteiger charge is 2.51. The highest BCUT2D eigenvalue weighted by atomic mass is 16.7. The highest BCUT2D eigenvalue weighted by molar-refractivity contribution is 6.02. The number of anilines is 1. The maximum atomic E-state index is 13.4. The summed E-state index contributed by atoms with van der Waals surface area (Å²) >= 11 is 0. The van der Waals surface area contributed by atoms with E-state index in [9.17, 15) is 14.4 Å². The Bertz CT molecular complexity index is 1440. The molecule has 1 saturated carbocycles. The van der Waals surface area contributed by atoms with Crippen LogP contribution in [-0.4, -0.2) is 42.0 Å². The molecule has 1 atom stereocenters. The van der Waals surface area contributed by atoms with Crippen molar-refractivity contribution < 1.29 is 23.9 Å². The summed E-state index contributed by atoms with van der Waals surface area (Å²) in [4.78, 5) is 39.7. The highest BCUT2D eigenvalue weighted by Crippen LogP contribution is 2.51. The number of benzene rings is 3. The van der Waals surface area contributed by atoms with Crippen molar-refractivity contribution >= 4 is 23.4 Å². The summed E-state index contributed by atoms with van der Waals surface area (Å²) in [7, 11) is 0. The van der Waals surface area contributed by atoms with Crippen LogP contribution in [0.25, 0.3) is 11.1 Å². The fourth-order valence-electron chi connectivity index (χ4n) is 5.49. The summed E-state index contributed by atoms with van der Waals surface area (Å²) in [5.74, 6) is 0.689. The molecule has 2 heterocycles. The third kappa shape index (κ3) is 4.16. The molecule has 3 aliphatic rings. The number of nitrogens with one attached hydrogen (secondary N) is 1. The van der Waals surface area contributed by atoms with Gasteiger partial charge in [-0.15, -0.1) is 0 Å². The van der Waals surface area contributed by atoms with Crippen LogP contribution in [0, 0.1) is 6.92 Å². The van der Waals surface area contributed by atoms with E-state index in [2.05, 4.69) is 5.32 Å². The smallest absolute Gasteiger partial charge is 0.254 e. The van der Waals surface area contributed by atoms with Gasteiger partial charge in [0, 0.05) is 17.8 Å². The van der Waals surface area contributed by atoms with Gasteiger partial charge in [0.15, 0.2) is 11.5 Å². The van der Waals surface area contributed by atoms with Crippen LogP contribution in [0.1, 0.15) is 47.2 Å². The van der Waals surface area contributed by atoms with Gasteiger partial charge in [-0.05, 0) is 91.3 Å². The Morgan fingerprint density at radius 2 is 1.74 bits per heavy atom. The molecule has 3 aromatic rings. The zero-order chi connectivity index (χ0) is 26.4. The number of hydrogen-bond acceptors (Lipinski definition) is 5. The van der Waals surface area contributed by atoms with Gasteiger partial charge < -0.3 is 25.4 Å². The Kier molecular flexibility index (Phi) is 5.82. The number of aryl methyl sites for hydroxylation is 1. The predicted octanol–water partition coefficient (Wildman–Crippen LogP) is 4.15. The van der Waals surface area contributed by atoms with Gasteiger partial charge in [-0.25, -0.2) is 0 Å². The summed E-state index contributed by atoms with van der Waals surface area (Å²) in [6, 6.07) is 18.4. The molecule has 3 aromatic carbocycles. The van der Waals surface area contributed by atoms with E-state index in [1.807, 2.05) is 55.5 Å². The van der Waals surface area contributed by atoms with E-state index in [-0.39, 0.29) is 18.6 Å². The van der Waals surface area contributed by atoms with Crippen molar-refractivity contribution in [2.24, 2.45) is 5.73 Å². The molecule has 194 valence electrons. The van der Waals surface area contributed by atoms with Crippen molar-refractivity contribution in [3.05, 3.63) is 77.4 Å². The van der Waals surface area contributed by atoms with Gasteiger partial charge in [0.2, 0.25) is 18.6 Å². The number of primary amides is 1. The first-order valence-electron chi connectivity index (χ1n) is 12.9. The van der Waals surface area contributed by atoms with Crippen LogP contribution in [0.4, 0.5) is 5.69 Å². The molecule has 0 spiro atoms. The topological polar surface area (TPSA) is 111 Å². The molecule has 0 unspecified atom stereocenters. The number of rotatable bonds is 6. The fraction of sp³-hybridized carbons (Fsp3) is 0.300. The Hall–Kier alpha value is -4.33. The number of amides is 3. The van der Waals surface area contributed by atoms with Crippen LogP contribution in [0.3, 0.4) is 0 Å². The SMILES string of the molecule is Cc1ccc(NC(=O)C2(c3ccc4c(c3)OCO4)CC2)cc1-c1ccc(C(=O)N2CCC[C@H]2C(N)=O)cc1. The number of hydrogen-bond donors (Lipinski definition) is 2. The van der Waals surface area contributed by atoms with Crippen LogP contribution in [0.15, 0.2) is 60.7 Å². The largest absolute Gasteiger partial charge is 0.454 e. The number of carbonyl (C=O) groups is 3. The minimum atomic E-state index is -0.563. The van der Waals surface area contributed by atoms with Gasteiger partial charge in [-0.2, -0.15) is 0 Å². The predicted molar refractivity (Wildman–Crippen MR) is 142 cm³/mol. The van der Waals surface area contributed by atoms with Gasteiger partial charge >= 0.3 is 0 Å². The number of nitrogens with zero attached hydrogens (tertiary/aromatic N) is 1. The zero-order valence-electron chi connectivity index (χ0n) is 21.2. The summed E-state index contributed by atoms with van der Waals surface area (Å²) in [5.41, 5.74) is 10.0. The molecule has 8 nitrogen and oxygen atoms in total. The summed E-state index contributed by atoms with van der Waals surface area (Å²) in [6.07, 6.45) is 2.93. The van der Waals surface area contributed by atoms with E-state index < -0.39 is 17.4 Å². The van der Waals surface area contributed by atoms with E-state index in [4.69, 9.17) is 15.2 Å². The van der Waals surface area contributed by atoms with Gasteiger partial charge in [-0.3, -0.25) is 14.4 Å². The number of likely N-dealkylation sites (tertiary alicyclic amines) is 1. The van der Waals surface area contributed by atoms with Gasteiger partial charge in [0.1, 0.15) is 6.04 Å². The van der Waals surface area contributed by atoms with E-state index in [1.165, 1.54) is 0 Å². The van der Waals surface area contributed by atoms with Crippen LogP contribution in [0.2, 0.25) is 0 Å². The lowest BCUT2D eigenvalue weighted by atomic mass is 9.94. The lowest BCUT2D eigenvalue weighted by molar-refractivity contribution is -0.121. The third-order valence-electron chi connectivity index (χ3n) is 7.89. The fourth-order valence-corrected chi connectivity index (χ4v) is 5.49. The van der Waals surface area contributed by atoms with Crippen LogP contribution < -0.4 is 20.5 Å². The molecule has 0 aromatic heterocycles. The van der Waals surface area contributed by atoms with Gasteiger partial charge in [-0.1, -0.05) is 24.3 Å². The molecule has 2 fully saturated rings. The summed E-state index contributed by atoms with van der Waals surface area (Å²) in [6.45, 7) is 2.74. The van der Waals surface area contributed by atoms with E-state index in [0.717, 1.165) is 41.5 Å². The average molecular weight is 512 g/mol. The van der Waals surface area contributed by atoms with E-state index in [1.54, 1.807) is 17.0 Å². The lowest BCUT2D eigenvalue weighted by Gasteiger charge is -2.22. The maximum Gasteiger partial charge on any atom is 0.254 e. The molecule has 38 heavy (non-hydrogen) atoms. The Morgan fingerprint density at radius 3 is 2.47 bits per heavy atom. The Morgan fingerprint density at radius 1 is 0.974 bits per heavy atom. The monoisotopic (exact) mass is 511 g/mol. The number of fused-ring (bicyclic) bond motifs is 1. The number of carbonyl (C=O) groups excluding carboxylic acids is 3. The second-order valence-corrected chi connectivity index (χ2v) is 10.3. The molecule has 8 heteroatoms. The third-order valence-corrected chi connectivity index (χ3v) is 7.89. The second-order valence-electron chi connectivity index (χ2n) is 10.3. The van der Waals surface area contributed by atoms with Crippen molar-refractivity contribution in [1.82, 2.24) is 4.90 Å². The van der Waals surface area contributed by atoms with Crippen molar-refractivity contribution in [1.29, 1.82) is 0 Å². The van der Waals surface area contributed by atoms with E-state index >= 15 is 0 Å². The summed E-state index contributed by atoms with van der Waals surface area (Å²) in [5, 5.41) is 3.11. The quantitative estimate of drug-likeness (QED) is 0.517. The molecule has 3 N–H and O–H groups in total. The minimum Gasteiger partial charge on any atom is -0.454 e. The molecule has 1 aliphatic carbocycles. The minimum absolute atomic E-state index is 0.0401. The van der Waals surface area contributed by atoms with Crippen LogP contribution in [0.5, 0.6) is 11.5 Å². The van der Waals surface area contributed by atoms with Crippen molar-refractivity contribution in [3.8, 4) is 22.6 Å². The number of ether oxygens (including phenoxy) is 2. The van der Waals surface area contributed by atoms with Crippen molar-refractivity contribution in [2.75, 3.05) is 18.7 Å². The van der Waals surface area contributed by atoms with Gasteiger partial charge in [0.25, 0.3) is 5.91 Å². The van der Waals surface area contributed by atoms with Crippen molar-refractivity contribution in [3.63, 3.8) is 0 Å². The number of nitrogens with two attached hydrogens (primary N) is 1. The first-order valence-corrected chi connectivity index (χ1v) is 12.9. The Labute approximate surface area is 220 Å². The first-order chi connectivity index (χ1) is 18.4. The standard InChI is InChI=1S/C30H29N3O5/c1-18-4-10-22(32-29(36)30(12-13-30)21-9-11-25-26(15-21)38-17-37-25)16-23(18)19-5-7-20(8-6-19)28(35)33-14-2-3-24(33)27(31)34/h4-11,15-16,24H,2-3,12-14,17H2,1H3,(H2,31,34)(H,32,36)/t24-/m0/s1. The molecule has 0 bridgehead atoms. The molecule has 2 aliphatic heterocycles. The second kappa shape index (κ2) is 9.20. The maximum absolute atomic E-state index is 13.4. The summed E-state index contributed by atoms with van der Waals surface area (Å²) < 4.78 is 10.9. The zero-order valence-corrected chi connectivity index (χ0v) is 21.2. The molecule has 3 amide bonds. The molecule has 1 saturated heterocycles. The first kappa shape index (κ1) is 24.0. The van der Waals surface area contributed by atoms with Crippen LogP contribution in [-0.2, 0) is 15.0 Å². The molecule has 0 radical (unpaired) electrons. The van der Waals surface area contributed by atoms with Crippen molar-refractivity contribution in [2.45, 2.75) is 44.1 Å². The van der Waals surface area contributed by atoms with Crippen LogP contribution >= 0.6 is 0 Å².